The molecule has 2 rings (SSSR count). The summed E-state index contributed by atoms with van der Waals surface area (Å²) in [5.74, 6) is -2.61. The predicted octanol–water partition coefficient (Wildman–Crippen LogP) is 2.29. The highest BCUT2D eigenvalue weighted by molar-refractivity contribution is 5.99. The van der Waals surface area contributed by atoms with Crippen LogP contribution in [0.1, 0.15) is 18.9 Å². The molecular weight excluding hydrogens is 365 g/mol. The third-order valence-corrected chi connectivity index (χ3v) is 4.03. The maximum absolute atomic E-state index is 12.8. The van der Waals surface area contributed by atoms with Gasteiger partial charge < -0.3 is 15.0 Å². The van der Waals surface area contributed by atoms with E-state index in [2.05, 4.69) is 11.9 Å². The summed E-state index contributed by atoms with van der Waals surface area (Å²) in [6.07, 6.45) is -4.33. The first-order valence-corrected chi connectivity index (χ1v) is 8.20. The van der Waals surface area contributed by atoms with Crippen molar-refractivity contribution in [3.05, 3.63) is 42.5 Å². The number of nitrogens with one attached hydrogen (secondary N) is 1. The molecule has 6 nitrogen and oxygen atoms in total. The molecule has 27 heavy (non-hydrogen) atoms. The van der Waals surface area contributed by atoms with Gasteiger partial charge >= 0.3 is 12.1 Å². The van der Waals surface area contributed by atoms with E-state index < -0.39 is 41.5 Å². The third-order valence-electron chi connectivity index (χ3n) is 4.03. The first kappa shape index (κ1) is 20.5. The van der Waals surface area contributed by atoms with E-state index in [-0.39, 0.29) is 25.2 Å². The van der Waals surface area contributed by atoms with Crippen LogP contribution in [0, 0.1) is 5.92 Å². The van der Waals surface area contributed by atoms with Gasteiger partial charge in [0.1, 0.15) is 0 Å². The average molecular weight is 384 g/mol. The quantitative estimate of drug-likeness (QED) is 0.603. The van der Waals surface area contributed by atoms with Crippen molar-refractivity contribution in [2.45, 2.75) is 25.6 Å². The maximum Gasteiger partial charge on any atom is 0.416 e. The number of halogens is 3. The normalized spacial score (nSPS) is 18.1. The zero-order chi connectivity index (χ0) is 20.2. The topological polar surface area (TPSA) is 75.7 Å². The van der Waals surface area contributed by atoms with Gasteiger partial charge in [0.05, 0.1) is 11.5 Å². The molecule has 2 amide bonds. The van der Waals surface area contributed by atoms with E-state index in [0.717, 1.165) is 17.0 Å². The summed E-state index contributed by atoms with van der Waals surface area (Å²) in [6.45, 7) is 4.94. The number of hydrogen-bond donors (Lipinski definition) is 1. The lowest BCUT2D eigenvalue weighted by atomic mass is 10.1. The molecule has 1 aliphatic rings. The van der Waals surface area contributed by atoms with Crippen molar-refractivity contribution in [1.29, 1.82) is 0 Å². The van der Waals surface area contributed by atoms with Gasteiger partial charge in [0.2, 0.25) is 5.91 Å². The second-order valence-corrected chi connectivity index (χ2v) is 6.07. The number of amides is 2. The number of carbonyl (C=O) groups excluding carboxylic acids is 3. The Hall–Kier alpha value is -2.84. The molecule has 1 saturated heterocycles. The highest BCUT2D eigenvalue weighted by atomic mass is 19.4. The van der Waals surface area contributed by atoms with Crippen LogP contribution in [0.3, 0.4) is 0 Å². The molecule has 2 atom stereocenters. The summed E-state index contributed by atoms with van der Waals surface area (Å²) in [5, 5.41) is 2.47. The molecule has 0 bridgehead atoms. The van der Waals surface area contributed by atoms with Crippen LogP contribution < -0.4 is 10.2 Å². The first-order chi connectivity index (χ1) is 12.6. The van der Waals surface area contributed by atoms with Crippen molar-refractivity contribution in [2.24, 2.45) is 5.92 Å². The summed E-state index contributed by atoms with van der Waals surface area (Å²) in [7, 11) is 0. The van der Waals surface area contributed by atoms with Gasteiger partial charge in [-0.3, -0.25) is 14.4 Å². The summed E-state index contributed by atoms with van der Waals surface area (Å²) < 4.78 is 43.6. The van der Waals surface area contributed by atoms with Gasteiger partial charge in [-0.25, -0.2) is 0 Å². The van der Waals surface area contributed by atoms with Gasteiger partial charge in [-0.15, -0.1) is 6.58 Å². The summed E-state index contributed by atoms with van der Waals surface area (Å²) in [4.78, 5) is 37.2. The summed E-state index contributed by atoms with van der Waals surface area (Å²) in [5.41, 5.74) is -0.826. The van der Waals surface area contributed by atoms with E-state index in [1.807, 2.05) is 0 Å². The van der Waals surface area contributed by atoms with Crippen molar-refractivity contribution in [1.82, 2.24) is 5.32 Å². The van der Waals surface area contributed by atoms with E-state index in [4.69, 9.17) is 4.74 Å². The number of esters is 1. The number of nitrogens with zero attached hydrogens (tertiary/aromatic N) is 1. The molecule has 1 N–H and O–H groups in total. The molecule has 0 unspecified atom stereocenters. The maximum atomic E-state index is 12.8. The molecule has 146 valence electrons. The molecule has 1 aromatic rings. The Bertz CT molecular complexity index is 748. The zero-order valence-electron chi connectivity index (χ0n) is 14.6. The Morgan fingerprint density at radius 3 is 2.78 bits per heavy atom. The lowest BCUT2D eigenvalue weighted by molar-refractivity contribution is -0.158. The van der Waals surface area contributed by atoms with Gasteiger partial charge in [-0.2, -0.15) is 13.2 Å². The molecule has 0 radical (unpaired) electrons. The minimum Gasteiger partial charge on any atom is -0.452 e. The molecule has 0 aliphatic carbocycles. The number of benzene rings is 1. The third kappa shape index (κ3) is 5.08. The number of anilines is 1. The highest BCUT2D eigenvalue weighted by Gasteiger charge is 2.38. The van der Waals surface area contributed by atoms with Gasteiger partial charge in [0.25, 0.3) is 5.91 Å². The SMILES string of the molecule is C=CCNC(=O)[C@H](C)OC(=O)[C@H]1CC(=O)N(c2cccc(C(F)(F)F)c2)C1. The molecule has 0 saturated carbocycles. The van der Waals surface area contributed by atoms with Crippen LogP contribution in [0.2, 0.25) is 0 Å². The fraction of sp³-hybridized carbons (Fsp3) is 0.389. The number of hydrogen-bond acceptors (Lipinski definition) is 4. The Balaban J connectivity index is 2.03. The van der Waals surface area contributed by atoms with Crippen LogP contribution in [0.15, 0.2) is 36.9 Å². The molecule has 1 heterocycles. The minimum absolute atomic E-state index is 0.0573. The molecule has 0 spiro atoms. The molecular formula is C18H19F3N2O4. The number of ether oxygens (including phenoxy) is 1. The minimum atomic E-state index is -4.54. The van der Waals surface area contributed by atoms with E-state index in [1.54, 1.807) is 0 Å². The van der Waals surface area contributed by atoms with Gasteiger partial charge in [-0.05, 0) is 25.1 Å². The summed E-state index contributed by atoms with van der Waals surface area (Å²) in [6, 6.07) is 4.33. The summed E-state index contributed by atoms with van der Waals surface area (Å²) >= 11 is 0. The smallest absolute Gasteiger partial charge is 0.416 e. The van der Waals surface area contributed by atoms with Crippen LogP contribution >= 0.6 is 0 Å². The molecule has 1 aliphatic heterocycles. The van der Waals surface area contributed by atoms with Crippen LogP contribution in [0.4, 0.5) is 18.9 Å². The average Bonchev–Trinajstić information content (AvgIpc) is 3.00. The van der Waals surface area contributed by atoms with Crippen LogP contribution in [0.25, 0.3) is 0 Å². The Kier molecular flexibility index (Phi) is 6.24. The van der Waals surface area contributed by atoms with E-state index in [1.165, 1.54) is 25.1 Å². The number of rotatable bonds is 6. The van der Waals surface area contributed by atoms with E-state index in [0.29, 0.717) is 0 Å². The molecule has 1 aromatic carbocycles. The Morgan fingerprint density at radius 2 is 2.15 bits per heavy atom. The predicted molar refractivity (Wildman–Crippen MR) is 90.7 cm³/mol. The Labute approximate surface area is 154 Å². The zero-order valence-corrected chi connectivity index (χ0v) is 14.6. The second kappa shape index (κ2) is 8.24. The largest absolute Gasteiger partial charge is 0.452 e. The van der Waals surface area contributed by atoms with Crippen LogP contribution in [0.5, 0.6) is 0 Å². The molecule has 0 aromatic heterocycles. The highest BCUT2D eigenvalue weighted by Crippen LogP contribution is 2.33. The van der Waals surface area contributed by atoms with E-state index in [9.17, 15) is 27.6 Å². The van der Waals surface area contributed by atoms with Crippen LogP contribution in [-0.4, -0.2) is 37.0 Å². The van der Waals surface area contributed by atoms with Crippen molar-refractivity contribution in [3.63, 3.8) is 0 Å². The van der Waals surface area contributed by atoms with Gasteiger partial charge in [0.15, 0.2) is 6.10 Å². The van der Waals surface area contributed by atoms with Crippen LogP contribution in [-0.2, 0) is 25.3 Å². The number of carbonyl (C=O) groups is 3. The van der Waals surface area contributed by atoms with Crippen molar-refractivity contribution >= 4 is 23.5 Å². The second-order valence-electron chi connectivity index (χ2n) is 6.07. The fourth-order valence-corrected chi connectivity index (χ4v) is 2.61. The lowest BCUT2D eigenvalue weighted by Gasteiger charge is -2.19. The van der Waals surface area contributed by atoms with Crippen molar-refractivity contribution in [2.75, 3.05) is 18.0 Å². The fourth-order valence-electron chi connectivity index (χ4n) is 2.61. The monoisotopic (exact) mass is 384 g/mol. The standard InChI is InChI=1S/C18H19F3N2O4/c1-3-7-22-16(25)11(2)27-17(26)12-8-15(24)23(10-12)14-6-4-5-13(9-14)18(19,20)21/h3-6,9,11-12H,1,7-8,10H2,2H3,(H,22,25)/t11-,12-/m0/s1. The van der Waals surface area contributed by atoms with Gasteiger partial charge in [-0.1, -0.05) is 12.1 Å². The van der Waals surface area contributed by atoms with Crippen molar-refractivity contribution in [3.8, 4) is 0 Å². The first-order valence-electron chi connectivity index (χ1n) is 8.20. The lowest BCUT2D eigenvalue weighted by Crippen LogP contribution is -2.37. The van der Waals surface area contributed by atoms with Crippen molar-refractivity contribution < 1.29 is 32.3 Å². The molecule has 9 heteroatoms. The van der Waals surface area contributed by atoms with E-state index >= 15 is 0 Å². The number of alkyl halides is 3. The van der Waals surface area contributed by atoms with Gasteiger partial charge in [0, 0.05) is 25.2 Å². The Morgan fingerprint density at radius 1 is 1.44 bits per heavy atom. The molecule has 1 fully saturated rings.